The average Bonchev–Trinajstić information content (AvgIpc) is 2.77. The molecule has 1 saturated carbocycles. The smallest absolute Gasteiger partial charge is 0.183 e. The van der Waals surface area contributed by atoms with E-state index < -0.39 is 11.5 Å². The van der Waals surface area contributed by atoms with Crippen LogP contribution in [0.25, 0.3) is 0 Å². The van der Waals surface area contributed by atoms with Gasteiger partial charge in [-0.2, -0.15) is 5.26 Å². The van der Waals surface area contributed by atoms with Crippen LogP contribution in [0.3, 0.4) is 0 Å². The molecule has 3 unspecified atom stereocenters. The summed E-state index contributed by atoms with van der Waals surface area (Å²) in [6, 6.07) is 4.11. The lowest BCUT2D eigenvalue weighted by Gasteiger charge is -2.38. The minimum Gasteiger partial charge on any atom is -0.450 e. The van der Waals surface area contributed by atoms with Gasteiger partial charge in [0.1, 0.15) is 11.9 Å². The summed E-state index contributed by atoms with van der Waals surface area (Å²) < 4.78 is 6.81. The number of hydrogen-bond acceptors (Lipinski definition) is 3. The SMILES string of the molecule is CCC1CCCC(C#N)(C(O)c2cc(Br)c(Br)o2)C1. The summed E-state index contributed by atoms with van der Waals surface area (Å²) in [5.74, 6) is 0.974. The van der Waals surface area contributed by atoms with Crippen molar-refractivity contribution in [2.75, 3.05) is 0 Å². The number of aliphatic hydroxyl groups is 1. The first-order valence-corrected chi connectivity index (χ1v) is 8.15. The van der Waals surface area contributed by atoms with Crippen molar-refractivity contribution in [3.63, 3.8) is 0 Å². The van der Waals surface area contributed by atoms with E-state index in [1.165, 1.54) is 0 Å². The van der Waals surface area contributed by atoms with Crippen LogP contribution in [-0.4, -0.2) is 5.11 Å². The van der Waals surface area contributed by atoms with E-state index in [0.717, 1.165) is 36.6 Å². The van der Waals surface area contributed by atoms with E-state index in [2.05, 4.69) is 44.9 Å². The number of nitrogens with zero attached hydrogens (tertiary/aromatic N) is 1. The molecule has 2 rings (SSSR count). The van der Waals surface area contributed by atoms with Gasteiger partial charge in [-0.3, -0.25) is 0 Å². The maximum atomic E-state index is 10.6. The van der Waals surface area contributed by atoms with Gasteiger partial charge < -0.3 is 9.52 Å². The number of aliphatic hydroxyl groups excluding tert-OH is 1. The first-order valence-electron chi connectivity index (χ1n) is 6.56. The van der Waals surface area contributed by atoms with Crippen LogP contribution >= 0.6 is 31.9 Å². The van der Waals surface area contributed by atoms with Crippen molar-refractivity contribution >= 4 is 31.9 Å². The molecule has 0 aliphatic heterocycles. The molecule has 1 aromatic heterocycles. The van der Waals surface area contributed by atoms with Crippen molar-refractivity contribution in [2.24, 2.45) is 11.3 Å². The van der Waals surface area contributed by atoms with Crippen LogP contribution < -0.4 is 0 Å². The molecular formula is C14H17Br2NO2. The highest BCUT2D eigenvalue weighted by Gasteiger charge is 2.44. The lowest BCUT2D eigenvalue weighted by molar-refractivity contribution is 0.00384. The summed E-state index contributed by atoms with van der Waals surface area (Å²) in [4.78, 5) is 0. The van der Waals surface area contributed by atoms with Gasteiger partial charge in [0, 0.05) is 0 Å². The maximum absolute atomic E-state index is 10.6. The fourth-order valence-corrected chi connectivity index (χ4v) is 3.56. The Hall–Kier alpha value is -0.310. The van der Waals surface area contributed by atoms with Crippen molar-refractivity contribution in [3.05, 3.63) is 21.0 Å². The molecule has 3 nitrogen and oxygen atoms in total. The maximum Gasteiger partial charge on any atom is 0.183 e. The third kappa shape index (κ3) is 2.91. The molecule has 0 spiro atoms. The lowest BCUT2D eigenvalue weighted by Crippen LogP contribution is -2.33. The van der Waals surface area contributed by atoms with E-state index in [1.54, 1.807) is 6.07 Å². The molecule has 0 saturated heterocycles. The third-order valence-corrected chi connectivity index (χ3v) is 5.86. The van der Waals surface area contributed by atoms with Crippen molar-refractivity contribution in [1.29, 1.82) is 5.26 Å². The second-order valence-corrected chi connectivity index (χ2v) is 6.89. The fourth-order valence-electron chi connectivity index (χ4n) is 2.96. The van der Waals surface area contributed by atoms with Crippen LogP contribution in [0.15, 0.2) is 19.6 Å². The van der Waals surface area contributed by atoms with E-state index in [-0.39, 0.29) is 0 Å². The second-order valence-electron chi connectivity index (χ2n) is 5.31. The molecule has 0 bridgehead atoms. The van der Waals surface area contributed by atoms with Gasteiger partial charge in [-0.15, -0.1) is 0 Å². The van der Waals surface area contributed by atoms with Crippen molar-refractivity contribution in [1.82, 2.24) is 0 Å². The van der Waals surface area contributed by atoms with Crippen LogP contribution in [0.4, 0.5) is 0 Å². The molecule has 5 heteroatoms. The highest BCUT2D eigenvalue weighted by atomic mass is 79.9. The molecule has 1 aromatic rings. The van der Waals surface area contributed by atoms with Gasteiger partial charge in [0.2, 0.25) is 0 Å². The Balaban J connectivity index is 2.28. The Bertz CT molecular complexity index is 475. The van der Waals surface area contributed by atoms with Gasteiger partial charge in [0.25, 0.3) is 0 Å². The van der Waals surface area contributed by atoms with E-state index in [4.69, 9.17) is 4.42 Å². The van der Waals surface area contributed by atoms with E-state index in [9.17, 15) is 10.4 Å². The Kier molecular flexibility index (Phi) is 4.75. The van der Waals surface area contributed by atoms with Crippen molar-refractivity contribution < 1.29 is 9.52 Å². The molecule has 1 aliphatic carbocycles. The number of furan rings is 1. The molecule has 1 aliphatic rings. The molecule has 1 N–H and O–H groups in total. The Morgan fingerprint density at radius 2 is 2.37 bits per heavy atom. The van der Waals surface area contributed by atoms with E-state index in [1.807, 2.05) is 0 Å². The molecule has 0 aromatic carbocycles. The van der Waals surface area contributed by atoms with Gasteiger partial charge in [0.05, 0.1) is 16.0 Å². The Labute approximate surface area is 130 Å². The first kappa shape index (κ1) is 15.1. The largest absolute Gasteiger partial charge is 0.450 e. The monoisotopic (exact) mass is 389 g/mol. The zero-order valence-electron chi connectivity index (χ0n) is 10.8. The summed E-state index contributed by atoms with van der Waals surface area (Å²) in [5, 5.41) is 20.2. The molecule has 1 heterocycles. The molecule has 3 atom stereocenters. The van der Waals surface area contributed by atoms with Gasteiger partial charge in [-0.1, -0.05) is 26.2 Å². The molecule has 1 fully saturated rings. The topological polar surface area (TPSA) is 57.2 Å². The summed E-state index contributed by atoms with van der Waals surface area (Å²) in [6.07, 6.45) is 3.81. The van der Waals surface area contributed by atoms with Crippen LogP contribution in [0.2, 0.25) is 0 Å². The van der Waals surface area contributed by atoms with E-state index >= 15 is 0 Å². The minimum absolute atomic E-state index is 0.456. The summed E-state index contributed by atoms with van der Waals surface area (Å²) in [6.45, 7) is 2.14. The quantitative estimate of drug-likeness (QED) is 0.794. The van der Waals surface area contributed by atoms with Crippen LogP contribution in [0, 0.1) is 22.7 Å². The lowest BCUT2D eigenvalue weighted by atomic mass is 9.66. The zero-order valence-corrected chi connectivity index (χ0v) is 14.0. The van der Waals surface area contributed by atoms with Gasteiger partial charge in [0.15, 0.2) is 4.67 Å². The Morgan fingerprint density at radius 3 is 2.89 bits per heavy atom. The number of hydrogen-bond donors (Lipinski definition) is 1. The minimum atomic E-state index is -0.866. The Morgan fingerprint density at radius 1 is 1.63 bits per heavy atom. The first-order chi connectivity index (χ1) is 9.02. The molecule has 104 valence electrons. The average molecular weight is 391 g/mol. The highest BCUT2D eigenvalue weighted by Crippen LogP contribution is 2.49. The van der Waals surface area contributed by atoms with Crippen molar-refractivity contribution in [3.8, 4) is 6.07 Å². The summed E-state index contributed by atoms with van der Waals surface area (Å²) in [7, 11) is 0. The zero-order chi connectivity index (χ0) is 14.0. The van der Waals surface area contributed by atoms with Gasteiger partial charge >= 0.3 is 0 Å². The molecular weight excluding hydrogens is 374 g/mol. The molecule has 0 radical (unpaired) electrons. The number of nitriles is 1. The van der Waals surface area contributed by atoms with Crippen molar-refractivity contribution in [2.45, 2.75) is 45.1 Å². The predicted octanol–water partition coefficient (Wildman–Crippen LogP) is 4.95. The van der Waals surface area contributed by atoms with Crippen LogP contribution in [0.1, 0.15) is 50.9 Å². The highest BCUT2D eigenvalue weighted by molar-refractivity contribution is 9.13. The fraction of sp³-hybridized carbons (Fsp3) is 0.643. The standard InChI is InChI=1S/C14H17Br2NO2/c1-2-9-4-3-5-14(7-9,8-17)12(18)11-6-10(15)13(16)19-11/h6,9,12,18H,2-5,7H2,1H3. The third-order valence-electron chi connectivity index (χ3n) is 4.15. The van der Waals surface area contributed by atoms with Gasteiger partial charge in [-0.25, -0.2) is 0 Å². The predicted molar refractivity (Wildman–Crippen MR) is 79.4 cm³/mol. The molecule has 0 amide bonds. The number of rotatable bonds is 3. The summed E-state index contributed by atoms with van der Waals surface area (Å²) >= 11 is 6.60. The van der Waals surface area contributed by atoms with Crippen LogP contribution in [0.5, 0.6) is 0 Å². The summed E-state index contributed by atoms with van der Waals surface area (Å²) in [5.41, 5.74) is -0.713. The van der Waals surface area contributed by atoms with Gasteiger partial charge in [-0.05, 0) is 56.7 Å². The molecule has 19 heavy (non-hydrogen) atoms. The number of halogens is 2. The van der Waals surface area contributed by atoms with Crippen LogP contribution in [-0.2, 0) is 0 Å². The van der Waals surface area contributed by atoms with E-state index in [0.29, 0.717) is 16.3 Å². The second kappa shape index (κ2) is 5.99. The normalized spacial score (nSPS) is 28.9.